The number of phenolic OH excluding ortho intramolecular Hbond substituents is 1. The van der Waals surface area contributed by atoms with E-state index in [1.807, 2.05) is 38.1 Å². The van der Waals surface area contributed by atoms with Gasteiger partial charge < -0.3 is 9.84 Å². The second kappa shape index (κ2) is 14.2. The van der Waals surface area contributed by atoms with E-state index in [0.29, 0.717) is 46.8 Å². The van der Waals surface area contributed by atoms with E-state index in [2.05, 4.69) is 52.8 Å². The first kappa shape index (κ1) is 30.7. The first-order valence-electron chi connectivity index (χ1n) is 15.4. The minimum Gasteiger partial charge on any atom is -0.507 e. The molecule has 0 saturated carbocycles. The number of phenols is 1. The van der Waals surface area contributed by atoms with Gasteiger partial charge in [0.1, 0.15) is 29.7 Å². The second-order valence-electron chi connectivity index (χ2n) is 11.4. The van der Waals surface area contributed by atoms with Crippen molar-refractivity contribution < 1.29 is 9.84 Å². The standard InChI is InChI=1S/C36H40N6O2/c1-6-7-8-9-10-11-18-44-32-29(35-39-21-37-33(41-35)27-14-12-23(2)19-25(27)4)16-17-30(43)31(32)36-40-22-38-34(42-36)28-15-13-24(3)20-26(28)5/h12-17,19-22,43H,6-11,18H2,1-5H3. The molecule has 1 N–H and O–H groups in total. The number of benzene rings is 3. The molecule has 2 heterocycles. The average Bonchev–Trinajstić information content (AvgIpc) is 3.01. The molecule has 5 rings (SSSR count). The van der Waals surface area contributed by atoms with Crippen molar-refractivity contribution in [2.24, 2.45) is 0 Å². The molecule has 0 aliphatic rings. The maximum Gasteiger partial charge on any atom is 0.170 e. The SMILES string of the molecule is CCCCCCCCOc1c(-c2ncnc(-c3ccc(C)cc3C)n2)ccc(O)c1-c1ncnc(-c2ccc(C)cc2C)n1. The predicted octanol–water partition coefficient (Wildman–Crippen LogP) is 8.40. The van der Waals surface area contributed by atoms with Crippen LogP contribution < -0.4 is 4.74 Å². The molecule has 0 unspecified atom stereocenters. The summed E-state index contributed by atoms with van der Waals surface area (Å²) in [6.45, 7) is 10.9. The Morgan fingerprint density at radius 2 is 1.09 bits per heavy atom. The minimum absolute atomic E-state index is 0.00753. The topological polar surface area (TPSA) is 107 Å². The Labute approximate surface area is 259 Å². The van der Waals surface area contributed by atoms with Gasteiger partial charge in [0, 0.05) is 11.1 Å². The molecule has 3 aromatic carbocycles. The van der Waals surface area contributed by atoms with Gasteiger partial charge in [-0.15, -0.1) is 0 Å². The lowest BCUT2D eigenvalue weighted by molar-refractivity contribution is 0.305. The van der Waals surface area contributed by atoms with Crippen molar-refractivity contribution in [2.75, 3.05) is 6.61 Å². The quantitative estimate of drug-likeness (QED) is 0.145. The van der Waals surface area contributed by atoms with Gasteiger partial charge in [0.15, 0.2) is 23.3 Å². The number of aryl methyl sites for hydroxylation is 4. The van der Waals surface area contributed by atoms with E-state index in [-0.39, 0.29) is 5.75 Å². The van der Waals surface area contributed by atoms with Gasteiger partial charge in [0.05, 0.1) is 12.2 Å². The highest BCUT2D eigenvalue weighted by Gasteiger charge is 2.23. The molecule has 0 atom stereocenters. The summed E-state index contributed by atoms with van der Waals surface area (Å²) in [5.74, 6) is 2.30. The van der Waals surface area contributed by atoms with Crippen LogP contribution in [0.3, 0.4) is 0 Å². The molecule has 0 aliphatic heterocycles. The molecular formula is C36H40N6O2. The Balaban J connectivity index is 1.58. The van der Waals surface area contributed by atoms with Gasteiger partial charge in [-0.05, 0) is 57.4 Å². The summed E-state index contributed by atoms with van der Waals surface area (Å²) < 4.78 is 6.47. The maximum atomic E-state index is 11.2. The Morgan fingerprint density at radius 3 is 1.68 bits per heavy atom. The van der Waals surface area contributed by atoms with E-state index >= 15 is 0 Å². The number of aromatic hydroxyl groups is 1. The van der Waals surface area contributed by atoms with Crippen LogP contribution in [0, 0.1) is 27.7 Å². The lowest BCUT2D eigenvalue weighted by Crippen LogP contribution is -2.05. The fourth-order valence-corrected chi connectivity index (χ4v) is 5.40. The monoisotopic (exact) mass is 588 g/mol. The second-order valence-corrected chi connectivity index (χ2v) is 11.4. The number of hydrogen-bond acceptors (Lipinski definition) is 8. The van der Waals surface area contributed by atoms with Crippen LogP contribution in [0.25, 0.3) is 45.6 Å². The summed E-state index contributed by atoms with van der Waals surface area (Å²) in [7, 11) is 0. The van der Waals surface area contributed by atoms with E-state index in [9.17, 15) is 5.11 Å². The van der Waals surface area contributed by atoms with Crippen molar-refractivity contribution in [1.82, 2.24) is 29.9 Å². The van der Waals surface area contributed by atoms with Crippen LogP contribution in [-0.2, 0) is 0 Å². The van der Waals surface area contributed by atoms with Crippen molar-refractivity contribution in [3.8, 4) is 57.1 Å². The number of hydrogen-bond donors (Lipinski definition) is 1. The van der Waals surface area contributed by atoms with Crippen molar-refractivity contribution in [3.05, 3.63) is 83.4 Å². The molecule has 0 amide bonds. The van der Waals surface area contributed by atoms with Gasteiger partial charge in [0.2, 0.25) is 0 Å². The first-order valence-corrected chi connectivity index (χ1v) is 15.4. The van der Waals surface area contributed by atoms with Gasteiger partial charge in [-0.25, -0.2) is 29.9 Å². The highest BCUT2D eigenvalue weighted by molar-refractivity contribution is 5.82. The summed E-state index contributed by atoms with van der Waals surface area (Å²) in [4.78, 5) is 27.6. The van der Waals surface area contributed by atoms with Gasteiger partial charge in [-0.1, -0.05) is 86.6 Å². The number of nitrogens with zero attached hydrogens (tertiary/aromatic N) is 6. The molecule has 0 fully saturated rings. The van der Waals surface area contributed by atoms with Gasteiger partial charge >= 0.3 is 0 Å². The van der Waals surface area contributed by atoms with E-state index in [1.54, 1.807) is 12.1 Å². The van der Waals surface area contributed by atoms with Crippen LogP contribution in [0.1, 0.15) is 67.7 Å². The summed E-state index contributed by atoms with van der Waals surface area (Å²) >= 11 is 0. The number of rotatable bonds is 12. The highest BCUT2D eigenvalue weighted by atomic mass is 16.5. The lowest BCUT2D eigenvalue weighted by Gasteiger charge is -2.17. The molecule has 0 bridgehead atoms. The Bertz CT molecular complexity index is 1750. The van der Waals surface area contributed by atoms with Crippen LogP contribution in [-0.4, -0.2) is 41.6 Å². The third-order valence-electron chi connectivity index (χ3n) is 7.73. The van der Waals surface area contributed by atoms with Crippen LogP contribution in [0.4, 0.5) is 0 Å². The van der Waals surface area contributed by atoms with Crippen molar-refractivity contribution in [2.45, 2.75) is 73.1 Å². The largest absolute Gasteiger partial charge is 0.507 e. The summed E-state index contributed by atoms with van der Waals surface area (Å²) in [6.07, 6.45) is 9.77. The number of ether oxygens (including phenoxy) is 1. The zero-order valence-electron chi connectivity index (χ0n) is 26.3. The molecule has 0 saturated heterocycles. The predicted molar refractivity (Wildman–Crippen MR) is 174 cm³/mol. The lowest BCUT2D eigenvalue weighted by atomic mass is 10.0. The Kier molecular flexibility index (Phi) is 9.89. The molecule has 0 spiro atoms. The average molecular weight is 589 g/mol. The molecule has 8 nitrogen and oxygen atoms in total. The van der Waals surface area contributed by atoms with Crippen molar-refractivity contribution in [1.29, 1.82) is 0 Å². The highest BCUT2D eigenvalue weighted by Crippen LogP contribution is 2.43. The van der Waals surface area contributed by atoms with Crippen molar-refractivity contribution >= 4 is 0 Å². The summed E-state index contributed by atoms with van der Waals surface area (Å²) in [5, 5.41) is 11.2. The van der Waals surface area contributed by atoms with Crippen LogP contribution in [0.5, 0.6) is 11.5 Å². The molecular weight excluding hydrogens is 548 g/mol. The van der Waals surface area contributed by atoms with Crippen LogP contribution in [0.2, 0.25) is 0 Å². The van der Waals surface area contributed by atoms with Gasteiger partial charge in [0.25, 0.3) is 0 Å². The summed E-state index contributed by atoms with van der Waals surface area (Å²) in [6, 6.07) is 15.7. The van der Waals surface area contributed by atoms with Crippen LogP contribution in [0.15, 0.2) is 61.2 Å². The third kappa shape index (κ3) is 7.08. The summed E-state index contributed by atoms with van der Waals surface area (Å²) in [5.41, 5.74) is 7.32. The normalized spacial score (nSPS) is 11.1. The van der Waals surface area contributed by atoms with Gasteiger partial charge in [-0.2, -0.15) is 0 Å². The zero-order valence-corrected chi connectivity index (χ0v) is 26.3. The Morgan fingerprint density at radius 1 is 0.591 bits per heavy atom. The van der Waals surface area contributed by atoms with E-state index in [1.165, 1.54) is 37.5 Å². The molecule has 0 radical (unpaired) electrons. The molecule has 5 aromatic rings. The fraction of sp³-hybridized carbons (Fsp3) is 0.333. The molecule has 44 heavy (non-hydrogen) atoms. The van der Waals surface area contributed by atoms with Crippen molar-refractivity contribution in [3.63, 3.8) is 0 Å². The minimum atomic E-state index is 0.00753. The van der Waals surface area contributed by atoms with E-state index in [0.717, 1.165) is 47.1 Å². The smallest absolute Gasteiger partial charge is 0.170 e. The van der Waals surface area contributed by atoms with E-state index < -0.39 is 0 Å². The first-order chi connectivity index (χ1) is 21.4. The van der Waals surface area contributed by atoms with E-state index in [4.69, 9.17) is 14.7 Å². The molecule has 8 heteroatoms. The number of aromatic nitrogens is 6. The molecule has 0 aliphatic carbocycles. The molecule has 226 valence electrons. The van der Waals surface area contributed by atoms with Gasteiger partial charge in [-0.3, -0.25) is 0 Å². The number of unbranched alkanes of at least 4 members (excludes halogenated alkanes) is 5. The van der Waals surface area contributed by atoms with Crippen LogP contribution >= 0.6 is 0 Å². The Hall–Kier alpha value is -4.72. The maximum absolute atomic E-state index is 11.2. The third-order valence-corrected chi connectivity index (χ3v) is 7.73. The fourth-order valence-electron chi connectivity index (χ4n) is 5.40. The molecule has 2 aromatic heterocycles. The zero-order chi connectivity index (χ0) is 31.1.